The number of rotatable bonds is 6. The van der Waals surface area contributed by atoms with Crippen molar-refractivity contribution in [2.75, 3.05) is 13.2 Å². The van der Waals surface area contributed by atoms with Crippen LogP contribution in [0.4, 0.5) is 0 Å². The first kappa shape index (κ1) is 12.9. The van der Waals surface area contributed by atoms with Crippen LogP contribution >= 0.6 is 0 Å². The number of carbonyl (C=O) groups excluding carboxylic acids is 1. The van der Waals surface area contributed by atoms with Crippen molar-refractivity contribution >= 4 is 5.97 Å². The number of hydrogen-bond acceptors (Lipinski definition) is 4. The molecular formula is C10H17NO3. The molecule has 4 heteroatoms. The fourth-order valence-corrected chi connectivity index (χ4v) is 1.38. The number of carbonyl (C=O) groups is 1. The van der Waals surface area contributed by atoms with Gasteiger partial charge < -0.3 is 9.84 Å². The highest BCUT2D eigenvalue weighted by molar-refractivity contribution is 5.77. The lowest BCUT2D eigenvalue weighted by molar-refractivity contribution is -0.158. The van der Waals surface area contributed by atoms with Crippen LogP contribution in [0.25, 0.3) is 0 Å². The Bertz CT molecular complexity index is 222. The molecule has 0 saturated carbocycles. The van der Waals surface area contributed by atoms with E-state index in [0.717, 1.165) is 6.42 Å². The molecule has 0 unspecified atom stereocenters. The van der Waals surface area contributed by atoms with Crippen LogP contribution in [0.2, 0.25) is 0 Å². The number of ether oxygens (including phenoxy) is 1. The summed E-state index contributed by atoms with van der Waals surface area (Å²) < 4.78 is 4.85. The first-order valence-electron chi connectivity index (χ1n) is 4.82. The minimum atomic E-state index is -1.01. The van der Waals surface area contributed by atoms with Crippen molar-refractivity contribution in [2.24, 2.45) is 5.41 Å². The summed E-state index contributed by atoms with van der Waals surface area (Å²) in [5, 5.41) is 17.8. The van der Waals surface area contributed by atoms with Gasteiger partial charge in [0.1, 0.15) is 5.41 Å². The van der Waals surface area contributed by atoms with Gasteiger partial charge in [0.2, 0.25) is 0 Å². The fourth-order valence-electron chi connectivity index (χ4n) is 1.38. The van der Waals surface area contributed by atoms with Gasteiger partial charge in [-0.1, -0.05) is 13.3 Å². The molecule has 0 aromatic heterocycles. The van der Waals surface area contributed by atoms with E-state index >= 15 is 0 Å². The van der Waals surface area contributed by atoms with Gasteiger partial charge in [-0.05, 0) is 13.3 Å². The third-order valence-corrected chi connectivity index (χ3v) is 2.16. The van der Waals surface area contributed by atoms with E-state index in [2.05, 4.69) is 0 Å². The average molecular weight is 199 g/mol. The first-order valence-corrected chi connectivity index (χ1v) is 4.82. The van der Waals surface area contributed by atoms with Crippen molar-refractivity contribution < 1.29 is 14.6 Å². The highest BCUT2D eigenvalue weighted by atomic mass is 16.5. The number of aliphatic hydroxyl groups is 1. The standard InChI is InChI=1S/C10H17NO3/c1-3-5-10(8-12,6-7-11)9(13)14-4-2/h12H,3-6,8H2,1-2H3/t10-/m0/s1. The minimum Gasteiger partial charge on any atom is -0.465 e. The maximum atomic E-state index is 11.5. The van der Waals surface area contributed by atoms with Gasteiger partial charge in [-0.2, -0.15) is 5.26 Å². The summed E-state index contributed by atoms with van der Waals surface area (Å²) >= 11 is 0. The van der Waals surface area contributed by atoms with Gasteiger partial charge >= 0.3 is 5.97 Å². The molecule has 0 fully saturated rings. The average Bonchev–Trinajstić information content (AvgIpc) is 2.17. The molecule has 0 saturated heterocycles. The van der Waals surface area contributed by atoms with Crippen LogP contribution < -0.4 is 0 Å². The van der Waals surface area contributed by atoms with Crippen LogP contribution in [0.3, 0.4) is 0 Å². The Balaban J connectivity index is 4.64. The zero-order chi connectivity index (χ0) is 11.0. The molecular weight excluding hydrogens is 182 g/mol. The first-order chi connectivity index (χ1) is 6.66. The second kappa shape index (κ2) is 6.39. The molecule has 80 valence electrons. The van der Waals surface area contributed by atoms with Crippen molar-refractivity contribution in [2.45, 2.75) is 33.1 Å². The van der Waals surface area contributed by atoms with Gasteiger partial charge in [-0.3, -0.25) is 4.79 Å². The molecule has 4 nitrogen and oxygen atoms in total. The lowest BCUT2D eigenvalue weighted by Crippen LogP contribution is -2.36. The van der Waals surface area contributed by atoms with Crippen LogP contribution in [-0.2, 0) is 9.53 Å². The van der Waals surface area contributed by atoms with Gasteiger partial charge in [-0.15, -0.1) is 0 Å². The van der Waals surface area contributed by atoms with Gasteiger partial charge in [0.25, 0.3) is 0 Å². The molecule has 1 atom stereocenters. The summed E-state index contributed by atoms with van der Waals surface area (Å²) in [6.07, 6.45) is 1.23. The van der Waals surface area contributed by atoms with E-state index in [1.54, 1.807) is 6.92 Å². The van der Waals surface area contributed by atoms with E-state index in [9.17, 15) is 9.90 Å². The molecule has 0 radical (unpaired) electrons. The molecule has 0 aromatic rings. The quantitative estimate of drug-likeness (QED) is 0.653. The van der Waals surface area contributed by atoms with Crippen LogP contribution in [0, 0.1) is 16.7 Å². The number of aliphatic hydroxyl groups excluding tert-OH is 1. The maximum absolute atomic E-state index is 11.5. The van der Waals surface area contributed by atoms with E-state index in [-0.39, 0.29) is 19.6 Å². The van der Waals surface area contributed by atoms with E-state index in [1.807, 2.05) is 13.0 Å². The zero-order valence-electron chi connectivity index (χ0n) is 8.75. The Labute approximate surface area is 84.5 Å². The van der Waals surface area contributed by atoms with Crippen LogP contribution in [0.15, 0.2) is 0 Å². The van der Waals surface area contributed by atoms with Crippen molar-refractivity contribution in [1.82, 2.24) is 0 Å². The van der Waals surface area contributed by atoms with E-state index in [1.165, 1.54) is 0 Å². The number of hydrogen-bond donors (Lipinski definition) is 1. The summed E-state index contributed by atoms with van der Waals surface area (Å²) in [5.74, 6) is -0.467. The second-order valence-corrected chi connectivity index (χ2v) is 3.24. The topological polar surface area (TPSA) is 70.3 Å². The van der Waals surface area contributed by atoms with Gasteiger partial charge in [0.05, 0.1) is 25.7 Å². The lowest BCUT2D eigenvalue weighted by Gasteiger charge is -2.26. The third-order valence-electron chi connectivity index (χ3n) is 2.16. The summed E-state index contributed by atoms with van der Waals surface area (Å²) in [6, 6.07) is 1.92. The molecule has 0 aliphatic heterocycles. The summed E-state index contributed by atoms with van der Waals surface area (Å²) in [4.78, 5) is 11.5. The van der Waals surface area contributed by atoms with Crippen LogP contribution in [0.1, 0.15) is 33.1 Å². The zero-order valence-corrected chi connectivity index (χ0v) is 8.75. The highest BCUT2D eigenvalue weighted by Crippen LogP contribution is 2.29. The Hall–Kier alpha value is -1.08. The molecule has 0 spiro atoms. The SMILES string of the molecule is CCC[C@@](CO)(CC#N)C(=O)OCC. The molecule has 14 heavy (non-hydrogen) atoms. The molecule has 0 aliphatic rings. The normalized spacial score (nSPS) is 14.1. The molecule has 0 aromatic carbocycles. The van der Waals surface area contributed by atoms with E-state index < -0.39 is 11.4 Å². The lowest BCUT2D eigenvalue weighted by atomic mass is 9.81. The fraction of sp³-hybridized carbons (Fsp3) is 0.800. The largest absolute Gasteiger partial charge is 0.465 e. The highest BCUT2D eigenvalue weighted by Gasteiger charge is 2.38. The predicted octanol–water partition coefficient (Wildman–Crippen LogP) is 1.24. The smallest absolute Gasteiger partial charge is 0.315 e. The maximum Gasteiger partial charge on any atom is 0.315 e. The Morgan fingerprint density at radius 3 is 2.57 bits per heavy atom. The number of esters is 1. The Morgan fingerprint density at radius 2 is 2.21 bits per heavy atom. The predicted molar refractivity (Wildman–Crippen MR) is 51.3 cm³/mol. The van der Waals surface area contributed by atoms with Gasteiger partial charge in [-0.25, -0.2) is 0 Å². The summed E-state index contributed by atoms with van der Waals surface area (Å²) in [6.45, 7) is 3.56. The monoisotopic (exact) mass is 199 g/mol. The second-order valence-electron chi connectivity index (χ2n) is 3.24. The molecule has 0 aliphatic carbocycles. The number of nitriles is 1. The molecule has 0 heterocycles. The third kappa shape index (κ3) is 3.00. The van der Waals surface area contributed by atoms with Crippen molar-refractivity contribution in [3.8, 4) is 6.07 Å². The minimum absolute atomic E-state index is 0.0101. The number of nitrogens with zero attached hydrogens (tertiary/aromatic N) is 1. The van der Waals surface area contributed by atoms with Crippen LogP contribution in [-0.4, -0.2) is 24.3 Å². The van der Waals surface area contributed by atoms with E-state index in [0.29, 0.717) is 6.42 Å². The summed E-state index contributed by atoms with van der Waals surface area (Å²) in [5.41, 5.74) is -1.01. The molecule has 0 rings (SSSR count). The van der Waals surface area contributed by atoms with E-state index in [4.69, 9.17) is 10.00 Å². The Morgan fingerprint density at radius 1 is 1.57 bits per heavy atom. The van der Waals surface area contributed by atoms with Crippen molar-refractivity contribution in [3.63, 3.8) is 0 Å². The molecule has 0 amide bonds. The van der Waals surface area contributed by atoms with Crippen molar-refractivity contribution in [3.05, 3.63) is 0 Å². The molecule has 1 N–H and O–H groups in total. The van der Waals surface area contributed by atoms with Gasteiger partial charge in [0.15, 0.2) is 0 Å². The summed E-state index contributed by atoms with van der Waals surface area (Å²) in [7, 11) is 0. The molecule has 0 bridgehead atoms. The van der Waals surface area contributed by atoms with Gasteiger partial charge in [0, 0.05) is 0 Å². The Kier molecular flexibility index (Phi) is 5.89. The van der Waals surface area contributed by atoms with Crippen molar-refractivity contribution in [1.29, 1.82) is 5.26 Å². The van der Waals surface area contributed by atoms with Crippen LogP contribution in [0.5, 0.6) is 0 Å².